The zero-order chi connectivity index (χ0) is 37.0. The highest BCUT2D eigenvalue weighted by atomic mass is 15.0. The van der Waals surface area contributed by atoms with E-state index in [1.807, 2.05) is 18.3 Å². The van der Waals surface area contributed by atoms with E-state index >= 15 is 0 Å². The number of hydrogen-bond donors (Lipinski definition) is 0. The van der Waals surface area contributed by atoms with Gasteiger partial charge in [-0.3, -0.25) is 4.98 Å². The molecule has 262 valence electrons. The maximum absolute atomic E-state index is 5.25. The molecule has 0 aliphatic carbocycles. The molecule has 0 aliphatic rings. The third-order valence-corrected chi connectivity index (χ3v) is 10.9. The summed E-state index contributed by atoms with van der Waals surface area (Å²) in [5.41, 5.74) is 16.4. The molecule has 0 saturated carbocycles. The second kappa shape index (κ2) is 13.1. The maximum atomic E-state index is 5.25. The summed E-state index contributed by atoms with van der Waals surface area (Å²) >= 11 is 0. The number of hydrogen-bond acceptors (Lipinski definition) is 2. The summed E-state index contributed by atoms with van der Waals surface area (Å²) in [6.07, 6.45) is 1.89. The van der Waals surface area contributed by atoms with Crippen LogP contribution in [0.4, 0.5) is 0 Å². The van der Waals surface area contributed by atoms with Crippen molar-refractivity contribution in [1.82, 2.24) is 19.1 Å². The molecular weight excluding hydrogens is 681 g/mol. The lowest BCUT2D eigenvalue weighted by Crippen LogP contribution is -1.96. The van der Waals surface area contributed by atoms with Gasteiger partial charge in [0.1, 0.15) is 0 Å². The highest BCUT2D eigenvalue weighted by molar-refractivity contribution is 6.17. The molecule has 4 nitrogen and oxygen atoms in total. The molecule has 0 amide bonds. The lowest BCUT2D eigenvalue weighted by molar-refractivity contribution is 1.17. The number of para-hydroxylation sites is 2. The minimum absolute atomic E-state index is 0.924. The number of aromatic nitrogens is 4. The van der Waals surface area contributed by atoms with Gasteiger partial charge in [-0.1, -0.05) is 127 Å². The lowest BCUT2D eigenvalue weighted by Gasteiger charge is -2.13. The van der Waals surface area contributed by atoms with Gasteiger partial charge in [0.25, 0.3) is 0 Å². The van der Waals surface area contributed by atoms with Crippen LogP contribution >= 0.6 is 0 Å². The summed E-state index contributed by atoms with van der Waals surface area (Å²) in [6, 6.07) is 71.2. The fourth-order valence-corrected chi connectivity index (χ4v) is 8.43. The highest BCUT2D eigenvalue weighted by Gasteiger charge is 2.19. The number of nitrogens with zero attached hydrogens (tertiary/aromatic N) is 4. The molecule has 11 rings (SSSR count). The van der Waals surface area contributed by atoms with E-state index in [1.54, 1.807) is 0 Å². The Morgan fingerprint density at radius 3 is 1.79 bits per heavy atom. The van der Waals surface area contributed by atoms with E-state index in [9.17, 15) is 0 Å². The van der Waals surface area contributed by atoms with Crippen molar-refractivity contribution < 1.29 is 0 Å². The molecular formula is C52H34N4. The summed E-state index contributed by atoms with van der Waals surface area (Å²) in [5.74, 6) is 0. The smallest absolute Gasteiger partial charge is 0.0963 e. The monoisotopic (exact) mass is 714 g/mol. The largest absolute Gasteiger partial charge is 0.309 e. The quantitative estimate of drug-likeness (QED) is 0.172. The Bertz CT molecular complexity index is 3170. The average molecular weight is 715 g/mol. The van der Waals surface area contributed by atoms with Gasteiger partial charge in [-0.05, 0) is 95.1 Å². The molecule has 4 heterocycles. The zero-order valence-corrected chi connectivity index (χ0v) is 30.4. The van der Waals surface area contributed by atoms with Crippen LogP contribution in [0.5, 0.6) is 0 Å². The van der Waals surface area contributed by atoms with Gasteiger partial charge in [-0.2, -0.15) is 0 Å². The van der Waals surface area contributed by atoms with Crippen LogP contribution in [-0.4, -0.2) is 19.1 Å². The van der Waals surface area contributed by atoms with Crippen molar-refractivity contribution in [1.29, 1.82) is 0 Å². The van der Waals surface area contributed by atoms with Crippen LogP contribution in [0.25, 0.3) is 99.9 Å². The normalized spacial score (nSPS) is 11.6. The van der Waals surface area contributed by atoms with Gasteiger partial charge < -0.3 is 9.13 Å². The van der Waals surface area contributed by atoms with Gasteiger partial charge in [0, 0.05) is 44.9 Å². The van der Waals surface area contributed by atoms with Gasteiger partial charge in [-0.25, -0.2) is 4.98 Å². The third-order valence-electron chi connectivity index (χ3n) is 10.9. The molecule has 0 bridgehead atoms. The molecule has 7 aromatic carbocycles. The van der Waals surface area contributed by atoms with Gasteiger partial charge in [0.15, 0.2) is 0 Å². The first-order chi connectivity index (χ1) is 27.8. The third kappa shape index (κ3) is 5.23. The van der Waals surface area contributed by atoms with Gasteiger partial charge >= 0.3 is 0 Å². The first kappa shape index (κ1) is 31.9. The van der Waals surface area contributed by atoms with Gasteiger partial charge in [0.05, 0.1) is 39.0 Å². The van der Waals surface area contributed by atoms with E-state index in [-0.39, 0.29) is 0 Å². The van der Waals surface area contributed by atoms with Crippen LogP contribution in [0.1, 0.15) is 0 Å². The van der Waals surface area contributed by atoms with Crippen molar-refractivity contribution in [3.63, 3.8) is 0 Å². The number of benzene rings is 7. The van der Waals surface area contributed by atoms with Crippen LogP contribution in [-0.2, 0) is 0 Å². The Hall–Kier alpha value is -7.56. The Morgan fingerprint density at radius 2 is 0.964 bits per heavy atom. The fourth-order valence-electron chi connectivity index (χ4n) is 8.43. The Balaban J connectivity index is 1.11. The van der Waals surface area contributed by atoms with Crippen molar-refractivity contribution >= 4 is 43.7 Å². The fraction of sp³-hybridized carbons (Fsp3) is 0. The maximum Gasteiger partial charge on any atom is 0.0963 e. The number of pyridine rings is 2. The van der Waals surface area contributed by atoms with Crippen molar-refractivity contribution in [2.75, 3.05) is 0 Å². The molecule has 0 N–H and O–H groups in total. The molecule has 56 heavy (non-hydrogen) atoms. The molecule has 0 fully saturated rings. The molecule has 0 spiro atoms. The topological polar surface area (TPSA) is 35.6 Å². The Labute approximate surface area is 324 Å². The summed E-state index contributed by atoms with van der Waals surface area (Å²) in [5, 5.41) is 3.59. The zero-order valence-electron chi connectivity index (χ0n) is 30.4. The first-order valence-corrected chi connectivity index (χ1v) is 19.0. The van der Waals surface area contributed by atoms with E-state index < -0.39 is 0 Å². The van der Waals surface area contributed by atoms with Crippen molar-refractivity contribution in [3.05, 3.63) is 206 Å². The van der Waals surface area contributed by atoms with E-state index in [2.05, 4.69) is 197 Å². The summed E-state index contributed by atoms with van der Waals surface area (Å²) in [4.78, 5) is 10.2. The molecule has 4 heteroatoms. The molecule has 0 unspecified atom stereocenters. The van der Waals surface area contributed by atoms with E-state index in [0.717, 1.165) is 72.5 Å². The minimum Gasteiger partial charge on any atom is -0.309 e. The highest BCUT2D eigenvalue weighted by Crippen LogP contribution is 2.41. The minimum atomic E-state index is 0.924. The molecule has 11 aromatic rings. The predicted molar refractivity (Wildman–Crippen MR) is 232 cm³/mol. The first-order valence-electron chi connectivity index (χ1n) is 19.0. The van der Waals surface area contributed by atoms with Crippen LogP contribution in [0.15, 0.2) is 206 Å². The molecule has 0 radical (unpaired) electrons. The Morgan fingerprint density at radius 1 is 0.339 bits per heavy atom. The van der Waals surface area contributed by atoms with E-state index in [4.69, 9.17) is 9.97 Å². The van der Waals surface area contributed by atoms with Crippen LogP contribution in [0.3, 0.4) is 0 Å². The van der Waals surface area contributed by atoms with E-state index in [1.165, 1.54) is 27.4 Å². The van der Waals surface area contributed by atoms with E-state index in [0.29, 0.717) is 0 Å². The van der Waals surface area contributed by atoms with Crippen molar-refractivity contribution in [3.8, 4) is 56.1 Å². The molecule has 4 aromatic heterocycles. The average Bonchev–Trinajstić information content (AvgIpc) is 3.80. The van der Waals surface area contributed by atoms with Crippen LogP contribution in [0.2, 0.25) is 0 Å². The van der Waals surface area contributed by atoms with Crippen molar-refractivity contribution in [2.45, 2.75) is 0 Å². The summed E-state index contributed by atoms with van der Waals surface area (Å²) < 4.78 is 4.74. The molecule has 0 saturated heterocycles. The van der Waals surface area contributed by atoms with Crippen molar-refractivity contribution in [2.24, 2.45) is 0 Å². The van der Waals surface area contributed by atoms with Gasteiger partial charge in [0.2, 0.25) is 0 Å². The summed E-state index contributed by atoms with van der Waals surface area (Å²) in [6.45, 7) is 0. The standard InChI is InChI=1S/C52H34N4/c1-4-15-35(16-5-1)39-32-45(36-17-6-2-7-18-36)54-46(33-39)38-19-12-22-41(31-38)56-49-27-14-30-53-52(49)44-29-28-37(34-50(44)56)42-24-13-26-48-51(42)43-23-10-11-25-47(43)55(48)40-20-8-3-9-21-40/h1-34H. The predicted octanol–water partition coefficient (Wildman–Crippen LogP) is 13.3. The second-order valence-electron chi connectivity index (χ2n) is 14.2. The van der Waals surface area contributed by atoms with Crippen LogP contribution in [0, 0.1) is 0 Å². The molecule has 0 aliphatic heterocycles. The Kier molecular flexibility index (Phi) is 7.46. The second-order valence-corrected chi connectivity index (χ2v) is 14.2. The summed E-state index contributed by atoms with van der Waals surface area (Å²) in [7, 11) is 0. The van der Waals surface area contributed by atoms with Gasteiger partial charge in [-0.15, -0.1) is 0 Å². The molecule has 0 atom stereocenters. The SMILES string of the molecule is c1ccc(-c2cc(-c3ccccc3)nc(-c3cccc(-n4c5cc(-c6cccc7c6c6ccccc6n7-c6ccccc6)ccc5c5ncccc54)c3)c2)cc1. The van der Waals surface area contributed by atoms with Crippen LogP contribution < -0.4 is 0 Å². The lowest BCUT2D eigenvalue weighted by atomic mass is 9.98. The number of rotatable bonds is 6. The number of fused-ring (bicyclic) bond motifs is 6.